The molecule has 1 aromatic heterocycles. The number of hydrogen-bond acceptors (Lipinski definition) is 2. The van der Waals surface area contributed by atoms with Crippen molar-refractivity contribution >= 4 is 27.0 Å². The Balaban J connectivity index is 1.95. The molecular weight excluding hydrogens is 302 g/mol. The van der Waals surface area contributed by atoms with E-state index in [0.29, 0.717) is 0 Å². The fourth-order valence-corrected chi connectivity index (χ4v) is 3.83. The van der Waals surface area contributed by atoms with Crippen molar-refractivity contribution < 1.29 is 0 Å². The van der Waals surface area contributed by atoms with Crippen molar-refractivity contribution in [3.8, 4) is 0 Å². The number of nitrogens with zero attached hydrogens (tertiary/aromatic N) is 2. The molecule has 102 valence electrons. The number of benzene rings is 1. The zero-order valence-corrected chi connectivity index (χ0v) is 13.1. The van der Waals surface area contributed by atoms with Crippen LogP contribution >= 0.6 is 15.9 Å². The maximum atomic E-state index is 4.84. The third-order valence-corrected chi connectivity index (χ3v) is 4.69. The van der Waals surface area contributed by atoms with Gasteiger partial charge in [0.1, 0.15) is 5.82 Å². The number of piperidine rings is 1. The lowest BCUT2D eigenvalue weighted by atomic mass is 9.94. The number of imidazole rings is 1. The summed E-state index contributed by atoms with van der Waals surface area (Å²) in [5, 5.41) is 3.42. The van der Waals surface area contributed by atoms with Crippen molar-refractivity contribution in [2.75, 3.05) is 13.1 Å². The first-order valence-electron chi connectivity index (χ1n) is 6.97. The lowest BCUT2D eigenvalue weighted by molar-refractivity contribution is 0.365. The van der Waals surface area contributed by atoms with Gasteiger partial charge in [0.2, 0.25) is 0 Å². The van der Waals surface area contributed by atoms with E-state index in [1.165, 1.54) is 29.7 Å². The van der Waals surface area contributed by atoms with Gasteiger partial charge >= 0.3 is 0 Å². The Hall–Kier alpha value is -0.870. The summed E-state index contributed by atoms with van der Waals surface area (Å²) in [7, 11) is 2.13. The van der Waals surface area contributed by atoms with E-state index in [-0.39, 0.29) is 0 Å². The SMILES string of the molecule is Cc1cc(Br)c2c(c1)nc(CC1CCNCC1)n2C. The van der Waals surface area contributed by atoms with Gasteiger partial charge in [0.05, 0.1) is 11.0 Å². The Morgan fingerprint density at radius 3 is 2.84 bits per heavy atom. The number of fused-ring (bicyclic) bond motifs is 1. The van der Waals surface area contributed by atoms with Crippen LogP contribution in [0.1, 0.15) is 24.2 Å². The first-order valence-corrected chi connectivity index (χ1v) is 7.76. The van der Waals surface area contributed by atoms with E-state index in [9.17, 15) is 0 Å². The average Bonchev–Trinajstić information content (AvgIpc) is 2.67. The molecule has 1 N–H and O–H groups in total. The van der Waals surface area contributed by atoms with E-state index in [2.05, 4.69) is 51.9 Å². The Labute approximate surface area is 122 Å². The van der Waals surface area contributed by atoms with E-state index in [4.69, 9.17) is 4.98 Å². The molecule has 2 aromatic rings. The fourth-order valence-electron chi connectivity index (χ4n) is 3.00. The van der Waals surface area contributed by atoms with E-state index in [1.807, 2.05) is 0 Å². The smallest absolute Gasteiger partial charge is 0.109 e. The molecule has 1 aliphatic rings. The molecule has 0 radical (unpaired) electrons. The largest absolute Gasteiger partial charge is 0.330 e. The molecule has 0 unspecified atom stereocenters. The minimum Gasteiger partial charge on any atom is -0.330 e. The third-order valence-electron chi connectivity index (χ3n) is 4.09. The fraction of sp³-hybridized carbons (Fsp3) is 0.533. The molecule has 1 aliphatic heterocycles. The topological polar surface area (TPSA) is 29.9 Å². The van der Waals surface area contributed by atoms with Gasteiger partial charge < -0.3 is 9.88 Å². The van der Waals surface area contributed by atoms with Gasteiger partial charge in [-0.3, -0.25) is 0 Å². The Morgan fingerprint density at radius 1 is 1.37 bits per heavy atom. The summed E-state index contributed by atoms with van der Waals surface area (Å²) in [5.41, 5.74) is 3.58. The Kier molecular flexibility index (Phi) is 3.63. The third kappa shape index (κ3) is 2.56. The van der Waals surface area contributed by atoms with Crippen molar-refractivity contribution in [3.05, 3.63) is 28.0 Å². The predicted octanol–water partition coefficient (Wildman–Crippen LogP) is 3.19. The molecule has 0 spiro atoms. The molecule has 4 heteroatoms. The van der Waals surface area contributed by atoms with Gasteiger partial charge in [0.15, 0.2) is 0 Å². The Bertz CT molecular complexity index is 597. The van der Waals surface area contributed by atoms with E-state index in [1.54, 1.807) is 0 Å². The van der Waals surface area contributed by atoms with Crippen LogP contribution in [0.15, 0.2) is 16.6 Å². The predicted molar refractivity (Wildman–Crippen MR) is 82.4 cm³/mol. The van der Waals surface area contributed by atoms with Crippen LogP contribution in [0.5, 0.6) is 0 Å². The van der Waals surface area contributed by atoms with Crippen LogP contribution in [-0.2, 0) is 13.5 Å². The van der Waals surface area contributed by atoms with Gasteiger partial charge in [0.25, 0.3) is 0 Å². The highest BCUT2D eigenvalue weighted by atomic mass is 79.9. The molecule has 1 aromatic carbocycles. The zero-order valence-electron chi connectivity index (χ0n) is 11.5. The standard InChI is InChI=1S/C15H20BrN3/c1-10-7-12(16)15-13(8-10)18-14(19(15)2)9-11-3-5-17-6-4-11/h7-8,11,17H,3-6,9H2,1-2H3. The molecule has 1 fully saturated rings. The van der Waals surface area contributed by atoms with Crippen molar-refractivity contribution in [3.63, 3.8) is 0 Å². The highest BCUT2D eigenvalue weighted by molar-refractivity contribution is 9.10. The van der Waals surface area contributed by atoms with Crippen LogP contribution in [0.25, 0.3) is 11.0 Å². The van der Waals surface area contributed by atoms with Gasteiger partial charge in [-0.15, -0.1) is 0 Å². The summed E-state index contributed by atoms with van der Waals surface area (Å²) in [5.74, 6) is 1.99. The van der Waals surface area contributed by atoms with Gasteiger partial charge in [-0.05, 0) is 72.4 Å². The van der Waals surface area contributed by atoms with Gasteiger partial charge in [-0.2, -0.15) is 0 Å². The van der Waals surface area contributed by atoms with Crippen molar-refractivity contribution in [2.45, 2.75) is 26.2 Å². The van der Waals surface area contributed by atoms with Crippen molar-refractivity contribution in [1.29, 1.82) is 0 Å². The van der Waals surface area contributed by atoms with E-state index in [0.717, 1.165) is 35.4 Å². The number of nitrogens with one attached hydrogen (secondary N) is 1. The van der Waals surface area contributed by atoms with Crippen molar-refractivity contribution in [1.82, 2.24) is 14.9 Å². The molecule has 3 nitrogen and oxygen atoms in total. The quantitative estimate of drug-likeness (QED) is 0.920. The highest BCUT2D eigenvalue weighted by Crippen LogP contribution is 2.27. The lowest BCUT2D eigenvalue weighted by Gasteiger charge is -2.22. The normalized spacial score (nSPS) is 17.2. The van der Waals surface area contributed by atoms with Gasteiger partial charge in [-0.25, -0.2) is 4.98 Å². The van der Waals surface area contributed by atoms with Gasteiger partial charge in [0, 0.05) is 17.9 Å². The van der Waals surface area contributed by atoms with Crippen LogP contribution in [0.4, 0.5) is 0 Å². The van der Waals surface area contributed by atoms with Gasteiger partial charge in [-0.1, -0.05) is 0 Å². The molecule has 0 saturated carbocycles. The summed E-state index contributed by atoms with van der Waals surface area (Å²) in [6.07, 6.45) is 3.63. The van der Waals surface area contributed by atoms with E-state index < -0.39 is 0 Å². The Morgan fingerprint density at radius 2 is 2.11 bits per heavy atom. The summed E-state index contributed by atoms with van der Waals surface area (Å²) >= 11 is 3.67. The monoisotopic (exact) mass is 321 g/mol. The minimum atomic E-state index is 0.775. The molecule has 0 aliphatic carbocycles. The average molecular weight is 322 g/mol. The van der Waals surface area contributed by atoms with Crippen LogP contribution in [0.3, 0.4) is 0 Å². The van der Waals surface area contributed by atoms with Crippen LogP contribution in [0.2, 0.25) is 0 Å². The van der Waals surface area contributed by atoms with Crippen LogP contribution in [0, 0.1) is 12.8 Å². The molecule has 0 bridgehead atoms. The summed E-state index contributed by atoms with van der Waals surface area (Å²) in [6, 6.07) is 4.34. The van der Waals surface area contributed by atoms with Crippen molar-refractivity contribution in [2.24, 2.45) is 13.0 Å². The highest BCUT2D eigenvalue weighted by Gasteiger charge is 2.18. The second-order valence-corrected chi connectivity index (χ2v) is 6.45. The second kappa shape index (κ2) is 5.25. The summed E-state index contributed by atoms with van der Waals surface area (Å²) in [4.78, 5) is 4.84. The molecule has 0 amide bonds. The first-order chi connectivity index (χ1) is 9.15. The number of rotatable bonds is 2. The molecule has 19 heavy (non-hydrogen) atoms. The van der Waals surface area contributed by atoms with E-state index >= 15 is 0 Å². The molecule has 1 saturated heterocycles. The number of aromatic nitrogens is 2. The first kappa shape index (κ1) is 13.1. The maximum Gasteiger partial charge on any atom is 0.109 e. The molecule has 2 heterocycles. The van der Waals surface area contributed by atoms with Crippen LogP contribution < -0.4 is 5.32 Å². The molecular formula is C15H20BrN3. The molecule has 0 atom stereocenters. The van der Waals surface area contributed by atoms with Crippen LogP contribution in [-0.4, -0.2) is 22.6 Å². The number of halogens is 1. The summed E-state index contributed by atoms with van der Waals surface area (Å²) < 4.78 is 3.40. The second-order valence-electron chi connectivity index (χ2n) is 5.60. The number of hydrogen-bond donors (Lipinski definition) is 1. The molecule has 3 rings (SSSR count). The minimum absolute atomic E-state index is 0.775. The lowest BCUT2D eigenvalue weighted by Crippen LogP contribution is -2.29. The number of aryl methyl sites for hydroxylation is 2. The zero-order chi connectivity index (χ0) is 13.4. The summed E-state index contributed by atoms with van der Waals surface area (Å²) in [6.45, 7) is 4.42. The maximum absolute atomic E-state index is 4.84.